The molecule has 0 bridgehead atoms. The van der Waals surface area contributed by atoms with Crippen molar-refractivity contribution in [2.45, 2.75) is 11.4 Å². The van der Waals surface area contributed by atoms with E-state index in [1.54, 1.807) is 18.0 Å². The van der Waals surface area contributed by atoms with E-state index >= 15 is 0 Å². The second-order valence-electron chi connectivity index (χ2n) is 6.41. The minimum atomic E-state index is -0.234. The van der Waals surface area contributed by atoms with Crippen LogP contribution in [-0.4, -0.2) is 33.4 Å². The zero-order valence-corrected chi connectivity index (χ0v) is 16.8. The zero-order chi connectivity index (χ0) is 20.1. The maximum Gasteiger partial charge on any atom is 0.319 e. The molecule has 0 fully saturated rings. The van der Waals surface area contributed by atoms with Crippen molar-refractivity contribution < 1.29 is 4.79 Å². The van der Waals surface area contributed by atoms with Gasteiger partial charge in [0.05, 0.1) is 0 Å². The third kappa shape index (κ3) is 4.41. The number of nitrogens with zero attached hydrogens (tertiary/aromatic N) is 3. The number of thioether (sulfide) groups is 1. The van der Waals surface area contributed by atoms with Gasteiger partial charge in [-0.25, -0.2) is 14.8 Å². The molecule has 4 rings (SSSR count). The molecule has 2 amide bonds. The number of imidazole rings is 1. The Hall–Kier alpha value is -3.32. The summed E-state index contributed by atoms with van der Waals surface area (Å²) in [5.41, 5.74) is 3.43. The minimum absolute atomic E-state index is 0.234. The average Bonchev–Trinajstić information content (AvgIpc) is 3.13. The summed E-state index contributed by atoms with van der Waals surface area (Å²) in [6, 6.07) is 21.4. The number of carbonyl (C=O) groups is 1. The predicted octanol–water partition coefficient (Wildman–Crippen LogP) is 4.64. The molecule has 0 aliphatic heterocycles. The van der Waals surface area contributed by atoms with Crippen molar-refractivity contribution in [3.63, 3.8) is 0 Å². The fraction of sp³-hybridized carbons (Fsp3) is 0.136. The summed E-state index contributed by atoms with van der Waals surface area (Å²) in [7, 11) is 0. The van der Waals surface area contributed by atoms with Crippen LogP contribution in [0.5, 0.6) is 0 Å². The highest BCUT2D eigenvalue weighted by atomic mass is 32.2. The van der Waals surface area contributed by atoms with Gasteiger partial charge in [0.25, 0.3) is 0 Å². The van der Waals surface area contributed by atoms with Gasteiger partial charge >= 0.3 is 6.03 Å². The molecule has 6 nitrogen and oxygen atoms in total. The summed E-state index contributed by atoms with van der Waals surface area (Å²) in [5.74, 6) is 0.842. The predicted molar refractivity (Wildman–Crippen MR) is 118 cm³/mol. The normalized spacial score (nSPS) is 10.8. The molecule has 7 heteroatoms. The van der Waals surface area contributed by atoms with Crippen molar-refractivity contribution in [3.8, 4) is 11.4 Å². The molecule has 0 unspecified atom stereocenters. The van der Waals surface area contributed by atoms with E-state index in [9.17, 15) is 4.79 Å². The number of anilines is 1. The van der Waals surface area contributed by atoms with Gasteiger partial charge in [-0.05, 0) is 36.6 Å². The molecular weight excluding hydrogens is 382 g/mol. The minimum Gasteiger partial charge on any atom is -0.336 e. The number of nitrogens with one attached hydrogen (secondary N) is 2. The van der Waals surface area contributed by atoms with Gasteiger partial charge < -0.3 is 15.2 Å². The maximum absolute atomic E-state index is 12.3. The van der Waals surface area contributed by atoms with Crippen LogP contribution in [0.3, 0.4) is 0 Å². The Labute approximate surface area is 173 Å². The van der Waals surface area contributed by atoms with Crippen LogP contribution in [-0.2, 0) is 6.54 Å². The summed E-state index contributed by atoms with van der Waals surface area (Å²) in [6.07, 6.45) is 3.77. The summed E-state index contributed by atoms with van der Waals surface area (Å²) in [6.45, 7) is 1.02. The number of hydrogen-bond acceptors (Lipinski definition) is 4. The largest absolute Gasteiger partial charge is 0.336 e. The van der Waals surface area contributed by atoms with Crippen molar-refractivity contribution in [3.05, 3.63) is 72.9 Å². The molecule has 0 radical (unpaired) electrons. The average molecular weight is 404 g/mol. The van der Waals surface area contributed by atoms with Crippen LogP contribution in [0.4, 0.5) is 10.5 Å². The van der Waals surface area contributed by atoms with Crippen LogP contribution in [0.15, 0.2) is 77.8 Å². The Morgan fingerprint density at radius 2 is 1.93 bits per heavy atom. The lowest BCUT2D eigenvalue weighted by Crippen LogP contribution is -2.31. The number of pyridine rings is 1. The van der Waals surface area contributed by atoms with Crippen LogP contribution in [0.2, 0.25) is 0 Å². The molecule has 4 aromatic rings. The standard InChI is InChI=1S/C22H21N5OS/c1-29-18-10-5-9-17(15-18)25-22(28)24-13-14-27-20(16-7-3-2-4-8-16)26-19-11-6-12-23-21(19)27/h2-12,15H,13-14H2,1H3,(H2,24,25,28). The van der Waals surface area contributed by atoms with E-state index < -0.39 is 0 Å². The van der Waals surface area contributed by atoms with Gasteiger partial charge in [0.1, 0.15) is 11.3 Å². The number of urea groups is 1. The van der Waals surface area contributed by atoms with Crippen molar-refractivity contribution in [1.29, 1.82) is 0 Å². The number of amides is 2. The summed E-state index contributed by atoms with van der Waals surface area (Å²) in [5, 5.41) is 5.79. The lowest BCUT2D eigenvalue weighted by Gasteiger charge is -2.11. The fourth-order valence-electron chi connectivity index (χ4n) is 3.14. The second-order valence-corrected chi connectivity index (χ2v) is 7.29. The van der Waals surface area contributed by atoms with Crippen LogP contribution >= 0.6 is 11.8 Å². The number of hydrogen-bond donors (Lipinski definition) is 2. The summed E-state index contributed by atoms with van der Waals surface area (Å²) < 4.78 is 2.04. The first kappa shape index (κ1) is 19.0. The highest BCUT2D eigenvalue weighted by molar-refractivity contribution is 7.98. The third-order valence-corrected chi connectivity index (χ3v) is 5.21. The first-order valence-corrected chi connectivity index (χ1v) is 10.5. The Balaban J connectivity index is 1.47. The van der Waals surface area contributed by atoms with Gasteiger partial charge in [-0.2, -0.15) is 0 Å². The van der Waals surface area contributed by atoms with Crippen molar-refractivity contribution >= 4 is 34.6 Å². The molecular formula is C22H21N5OS. The number of aromatic nitrogens is 3. The van der Waals surface area contributed by atoms with Crippen LogP contribution in [0, 0.1) is 0 Å². The van der Waals surface area contributed by atoms with Gasteiger partial charge in [0.15, 0.2) is 5.65 Å². The van der Waals surface area contributed by atoms with Crippen molar-refractivity contribution in [1.82, 2.24) is 19.9 Å². The van der Waals surface area contributed by atoms with Gasteiger partial charge in [0.2, 0.25) is 0 Å². The van der Waals surface area contributed by atoms with Gasteiger partial charge in [-0.1, -0.05) is 36.4 Å². The number of carbonyl (C=O) groups excluding carboxylic acids is 1. The monoisotopic (exact) mass is 403 g/mol. The molecule has 2 N–H and O–H groups in total. The Bertz CT molecular complexity index is 1130. The van der Waals surface area contributed by atoms with E-state index in [4.69, 9.17) is 4.98 Å². The molecule has 0 saturated carbocycles. The molecule has 0 spiro atoms. The van der Waals surface area contributed by atoms with Crippen molar-refractivity contribution in [2.75, 3.05) is 18.1 Å². The van der Waals surface area contributed by atoms with Crippen LogP contribution in [0.1, 0.15) is 0 Å². The molecule has 146 valence electrons. The second kappa shape index (κ2) is 8.79. The Kier molecular flexibility index (Phi) is 5.76. The number of fused-ring (bicyclic) bond motifs is 1. The van der Waals surface area contributed by atoms with Gasteiger partial charge in [-0.3, -0.25) is 0 Å². The van der Waals surface area contributed by atoms with Gasteiger partial charge in [-0.15, -0.1) is 11.8 Å². The summed E-state index contributed by atoms with van der Waals surface area (Å²) in [4.78, 5) is 22.6. The smallest absolute Gasteiger partial charge is 0.319 e. The van der Waals surface area contributed by atoms with E-state index in [-0.39, 0.29) is 6.03 Å². The molecule has 2 aromatic carbocycles. The highest BCUT2D eigenvalue weighted by Gasteiger charge is 2.13. The van der Waals surface area contributed by atoms with E-state index in [0.717, 1.165) is 33.1 Å². The van der Waals surface area contributed by atoms with E-state index in [1.807, 2.05) is 77.6 Å². The SMILES string of the molecule is CSc1cccc(NC(=O)NCCn2c(-c3ccccc3)nc3cccnc32)c1. The zero-order valence-electron chi connectivity index (χ0n) is 16.0. The Morgan fingerprint density at radius 3 is 2.76 bits per heavy atom. The maximum atomic E-state index is 12.3. The fourth-order valence-corrected chi connectivity index (χ4v) is 3.59. The first-order valence-electron chi connectivity index (χ1n) is 9.30. The molecule has 2 aromatic heterocycles. The van der Waals surface area contributed by atoms with Crippen LogP contribution < -0.4 is 10.6 Å². The molecule has 29 heavy (non-hydrogen) atoms. The van der Waals surface area contributed by atoms with Gasteiger partial charge in [0, 0.05) is 35.4 Å². The van der Waals surface area contributed by atoms with Crippen molar-refractivity contribution in [2.24, 2.45) is 0 Å². The summed E-state index contributed by atoms with van der Waals surface area (Å²) >= 11 is 1.64. The topological polar surface area (TPSA) is 71.8 Å². The lowest BCUT2D eigenvalue weighted by molar-refractivity contribution is 0.251. The first-order chi connectivity index (χ1) is 14.2. The van der Waals surface area contributed by atoms with E-state index in [1.165, 1.54) is 0 Å². The quantitative estimate of drug-likeness (QED) is 0.460. The molecule has 0 aliphatic rings. The molecule has 0 saturated heterocycles. The molecule has 2 heterocycles. The van der Waals surface area contributed by atoms with Crippen LogP contribution in [0.25, 0.3) is 22.6 Å². The Morgan fingerprint density at radius 1 is 1.07 bits per heavy atom. The third-order valence-electron chi connectivity index (χ3n) is 4.48. The van der Waals surface area contributed by atoms with E-state index in [0.29, 0.717) is 13.1 Å². The lowest BCUT2D eigenvalue weighted by atomic mass is 10.2. The molecule has 0 aliphatic carbocycles. The molecule has 0 atom stereocenters. The van der Waals surface area contributed by atoms with E-state index in [2.05, 4.69) is 15.6 Å². The number of benzene rings is 2. The highest BCUT2D eigenvalue weighted by Crippen LogP contribution is 2.23. The number of rotatable bonds is 6.